The van der Waals surface area contributed by atoms with Crippen molar-refractivity contribution < 1.29 is 17.9 Å². The van der Waals surface area contributed by atoms with E-state index in [1.54, 1.807) is 18.3 Å². The third-order valence-electron chi connectivity index (χ3n) is 3.72. The molecule has 2 heterocycles. The molecule has 1 aliphatic heterocycles. The molecule has 2 aromatic rings. The Balaban J connectivity index is 1.80. The van der Waals surface area contributed by atoms with Gasteiger partial charge in [0.1, 0.15) is 16.7 Å². The van der Waals surface area contributed by atoms with E-state index in [9.17, 15) is 8.42 Å². The molecular weight excluding hydrogens is 336 g/mol. The van der Waals surface area contributed by atoms with Crippen molar-refractivity contribution in [2.45, 2.75) is 24.3 Å². The Morgan fingerprint density at radius 2 is 2.22 bits per heavy atom. The van der Waals surface area contributed by atoms with Gasteiger partial charge in [0.2, 0.25) is 10.0 Å². The molecule has 124 valence electrons. The maximum atomic E-state index is 12.9. The number of hydrogen-bond acceptors (Lipinski definition) is 6. The lowest BCUT2D eigenvalue weighted by molar-refractivity contribution is 0.214. The van der Waals surface area contributed by atoms with Gasteiger partial charge in [-0.15, -0.1) is 0 Å². The average Bonchev–Trinajstić information content (AvgIpc) is 3.20. The molecule has 1 saturated heterocycles. The molecule has 1 aromatic carbocycles. The van der Waals surface area contributed by atoms with Gasteiger partial charge in [0, 0.05) is 18.1 Å². The van der Waals surface area contributed by atoms with Crippen LogP contribution in [0.15, 0.2) is 34.7 Å². The smallest absolute Gasteiger partial charge is 0.273 e. The summed E-state index contributed by atoms with van der Waals surface area (Å²) in [6.45, 7) is 2.60. The summed E-state index contributed by atoms with van der Waals surface area (Å²) in [6.07, 6.45) is 2.14. The lowest BCUT2D eigenvalue weighted by Crippen LogP contribution is -2.31. The number of nitrogens with zero attached hydrogens (tertiary/aromatic N) is 2. The second-order valence-electron chi connectivity index (χ2n) is 5.34. The van der Waals surface area contributed by atoms with Crippen LogP contribution in [0.5, 0.6) is 10.9 Å². The molecule has 6 nitrogen and oxygen atoms in total. The summed E-state index contributed by atoms with van der Waals surface area (Å²) in [5.74, 6) is 0.361. The van der Waals surface area contributed by atoms with Crippen molar-refractivity contribution in [3.05, 3.63) is 35.3 Å². The molecule has 8 heteroatoms. The minimum Gasteiger partial charge on any atom is -0.495 e. The molecule has 0 aliphatic carbocycles. The van der Waals surface area contributed by atoms with Gasteiger partial charge in [-0.05, 0) is 31.0 Å². The van der Waals surface area contributed by atoms with E-state index in [2.05, 4.69) is 4.98 Å². The van der Waals surface area contributed by atoms with Crippen LogP contribution >= 0.6 is 11.3 Å². The van der Waals surface area contributed by atoms with Crippen LogP contribution in [-0.2, 0) is 10.0 Å². The number of ether oxygens (including phenoxy) is 2. The minimum atomic E-state index is -3.60. The highest BCUT2D eigenvalue weighted by molar-refractivity contribution is 7.89. The molecule has 0 radical (unpaired) electrons. The van der Waals surface area contributed by atoms with Gasteiger partial charge < -0.3 is 9.47 Å². The van der Waals surface area contributed by atoms with Crippen molar-refractivity contribution in [2.75, 3.05) is 20.2 Å². The van der Waals surface area contributed by atoms with Crippen LogP contribution in [-0.4, -0.2) is 44.0 Å². The molecule has 1 atom stereocenters. The van der Waals surface area contributed by atoms with Crippen LogP contribution in [0.3, 0.4) is 0 Å². The molecule has 1 fully saturated rings. The maximum absolute atomic E-state index is 12.9. The summed E-state index contributed by atoms with van der Waals surface area (Å²) in [7, 11) is -2.13. The van der Waals surface area contributed by atoms with Crippen molar-refractivity contribution in [2.24, 2.45) is 0 Å². The van der Waals surface area contributed by atoms with E-state index in [0.29, 0.717) is 30.5 Å². The first-order valence-electron chi connectivity index (χ1n) is 7.21. The second-order valence-corrected chi connectivity index (χ2v) is 8.11. The Bertz CT molecular complexity index is 775. The largest absolute Gasteiger partial charge is 0.495 e. The molecule has 1 unspecified atom stereocenters. The summed E-state index contributed by atoms with van der Waals surface area (Å²) < 4.78 is 38.2. The van der Waals surface area contributed by atoms with Crippen LogP contribution in [0.1, 0.15) is 12.0 Å². The molecule has 3 rings (SSSR count). The van der Waals surface area contributed by atoms with Crippen molar-refractivity contribution in [3.8, 4) is 10.9 Å². The van der Waals surface area contributed by atoms with Gasteiger partial charge in [-0.2, -0.15) is 4.31 Å². The van der Waals surface area contributed by atoms with E-state index in [0.717, 1.165) is 5.56 Å². The Morgan fingerprint density at radius 1 is 1.39 bits per heavy atom. The van der Waals surface area contributed by atoms with Gasteiger partial charge in [0.15, 0.2) is 0 Å². The van der Waals surface area contributed by atoms with Gasteiger partial charge in [-0.3, -0.25) is 0 Å². The number of thiazole rings is 1. The number of benzene rings is 1. The number of rotatable bonds is 5. The van der Waals surface area contributed by atoms with Crippen molar-refractivity contribution in [1.29, 1.82) is 0 Å². The standard InChI is InChI=1S/C15H18N2O4S2/c1-11-3-4-13(20-2)14(9-11)23(18,19)17-7-5-12(10-17)21-15-16-6-8-22-15/h3-4,6,8-9,12H,5,7,10H2,1-2H3. The maximum Gasteiger partial charge on any atom is 0.273 e. The van der Waals surface area contributed by atoms with Gasteiger partial charge >= 0.3 is 0 Å². The Hall–Kier alpha value is -1.64. The molecule has 0 spiro atoms. The van der Waals surface area contributed by atoms with Crippen LogP contribution < -0.4 is 9.47 Å². The van der Waals surface area contributed by atoms with Crippen molar-refractivity contribution in [1.82, 2.24) is 9.29 Å². The van der Waals surface area contributed by atoms with Gasteiger partial charge in [-0.25, -0.2) is 13.4 Å². The van der Waals surface area contributed by atoms with E-state index in [-0.39, 0.29) is 11.0 Å². The SMILES string of the molecule is COc1ccc(C)cc1S(=O)(=O)N1CCC(Oc2nccs2)C1. The zero-order valence-electron chi connectivity index (χ0n) is 12.9. The van der Waals surface area contributed by atoms with E-state index < -0.39 is 10.0 Å². The summed E-state index contributed by atoms with van der Waals surface area (Å²) in [4.78, 5) is 4.28. The van der Waals surface area contributed by atoms with E-state index >= 15 is 0 Å². The summed E-state index contributed by atoms with van der Waals surface area (Å²) in [5, 5.41) is 2.40. The zero-order valence-corrected chi connectivity index (χ0v) is 14.6. The van der Waals surface area contributed by atoms with Crippen molar-refractivity contribution in [3.63, 3.8) is 0 Å². The number of aromatic nitrogens is 1. The fourth-order valence-electron chi connectivity index (χ4n) is 2.55. The quantitative estimate of drug-likeness (QED) is 0.824. The second kappa shape index (κ2) is 6.46. The van der Waals surface area contributed by atoms with Gasteiger partial charge in [0.25, 0.3) is 5.19 Å². The highest BCUT2D eigenvalue weighted by Gasteiger charge is 2.35. The van der Waals surface area contributed by atoms with E-state index in [1.165, 1.54) is 22.8 Å². The highest BCUT2D eigenvalue weighted by Crippen LogP contribution is 2.30. The number of sulfonamides is 1. The topological polar surface area (TPSA) is 68.7 Å². The molecule has 1 aromatic heterocycles. The predicted molar refractivity (Wildman–Crippen MR) is 87.6 cm³/mol. The molecule has 0 bridgehead atoms. The summed E-state index contributed by atoms with van der Waals surface area (Å²) in [6, 6.07) is 5.15. The normalized spacial score (nSPS) is 19.0. The minimum absolute atomic E-state index is 0.174. The van der Waals surface area contributed by atoms with Gasteiger partial charge in [0.05, 0.1) is 13.7 Å². The van der Waals surface area contributed by atoms with Gasteiger partial charge in [-0.1, -0.05) is 17.4 Å². The molecule has 0 saturated carbocycles. The predicted octanol–water partition coefficient (Wildman–Crippen LogP) is 2.30. The van der Waals surface area contributed by atoms with Crippen LogP contribution in [0.4, 0.5) is 0 Å². The summed E-state index contributed by atoms with van der Waals surface area (Å²) >= 11 is 1.40. The van der Waals surface area contributed by atoms with Crippen LogP contribution in [0.25, 0.3) is 0 Å². The highest BCUT2D eigenvalue weighted by atomic mass is 32.2. The Morgan fingerprint density at radius 3 is 2.91 bits per heavy atom. The fraction of sp³-hybridized carbons (Fsp3) is 0.400. The summed E-state index contributed by atoms with van der Waals surface area (Å²) in [5.41, 5.74) is 0.874. The average molecular weight is 354 g/mol. The number of aryl methyl sites for hydroxylation is 1. The monoisotopic (exact) mass is 354 g/mol. The molecule has 23 heavy (non-hydrogen) atoms. The van der Waals surface area contributed by atoms with Crippen LogP contribution in [0.2, 0.25) is 0 Å². The number of methoxy groups -OCH3 is 1. The lowest BCUT2D eigenvalue weighted by atomic mass is 10.2. The van der Waals surface area contributed by atoms with E-state index in [4.69, 9.17) is 9.47 Å². The Kier molecular flexibility index (Phi) is 4.56. The lowest BCUT2D eigenvalue weighted by Gasteiger charge is -2.18. The molecule has 0 amide bonds. The first kappa shape index (κ1) is 16.2. The third-order valence-corrected chi connectivity index (χ3v) is 6.27. The third kappa shape index (κ3) is 3.34. The number of hydrogen-bond donors (Lipinski definition) is 0. The fourth-order valence-corrected chi connectivity index (χ4v) is 4.83. The first-order chi connectivity index (χ1) is 11.0. The van der Waals surface area contributed by atoms with Crippen LogP contribution in [0, 0.1) is 6.92 Å². The Labute approximate surface area is 139 Å². The van der Waals surface area contributed by atoms with E-state index in [1.807, 2.05) is 18.4 Å². The molecule has 1 aliphatic rings. The van der Waals surface area contributed by atoms with Crippen molar-refractivity contribution >= 4 is 21.4 Å². The first-order valence-corrected chi connectivity index (χ1v) is 9.53. The molecule has 0 N–H and O–H groups in total. The molecular formula is C15H18N2O4S2. The zero-order chi connectivity index (χ0) is 16.4.